The summed E-state index contributed by atoms with van der Waals surface area (Å²) in [6, 6.07) is 16.5. The van der Waals surface area contributed by atoms with Gasteiger partial charge in [-0.25, -0.2) is 9.78 Å². The standard InChI is InChI=1S/C23H23NO6/c1-16-20(24-21(30-16)17-6-3-2-4-7-17)12-15-27-19-10-8-18(9-11-19)23(22(25)26)28-13-5-14-29-23/h2-4,6-11H,5,12-15H2,1H3,(H,25,26). The Hall–Kier alpha value is -3.16. The van der Waals surface area contributed by atoms with Gasteiger partial charge in [0.25, 0.3) is 5.79 Å². The first-order valence-electron chi connectivity index (χ1n) is 9.85. The van der Waals surface area contributed by atoms with E-state index in [-0.39, 0.29) is 0 Å². The van der Waals surface area contributed by atoms with Crippen LogP contribution in [-0.4, -0.2) is 35.9 Å². The summed E-state index contributed by atoms with van der Waals surface area (Å²) in [5.41, 5.74) is 2.21. The molecule has 2 heterocycles. The van der Waals surface area contributed by atoms with Crippen LogP contribution in [0.4, 0.5) is 0 Å². The lowest BCUT2D eigenvalue weighted by Gasteiger charge is -2.33. The zero-order valence-corrected chi connectivity index (χ0v) is 16.7. The summed E-state index contributed by atoms with van der Waals surface area (Å²) < 4.78 is 22.5. The maximum absolute atomic E-state index is 11.7. The Labute approximate surface area is 174 Å². The largest absolute Gasteiger partial charge is 0.493 e. The van der Waals surface area contributed by atoms with E-state index in [4.69, 9.17) is 18.6 Å². The molecule has 4 rings (SSSR count). The number of ether oxygens (including phenoxy) is 3. The highest BCUT2D eigenvalue weighted by atomic mass is 16.7. The predicted octanol–water partition coefficient (Wildman–Crippen LogP) is 3.95. The molecule has 2 aromatic carbocycles. The molecule has 156 valence electrons. The molecule has 0 saturated carbocycles. The van der Waals surface area contributed by atoms with E-state index in [1.165, 1.54) is 0 Å². The maximum Gasteiger partial charge on any atom is 0.369 e. The molecular formula is C23H23NO6. The number of oxazole rings is 1. The van der Waals surface area contributed by atoms with Crippen LogP contribution in [0, 0.1) is 6.92 Å². The van der Waals surface area contributed by atoms with Gasteiger partial charge in [-0.2, -0.15) is 0 Å². The second kappa shape index (κ2) is 8.69. The summed E-state index contributed by atoms with van der Waals surface area (Å²) in [5, 5.41) is 9.59. The molecule has 1 fully saturated rings. The second-order valence-electron chi connectivity index (χ2n) is 6.98. The third kappa shape index (κ3) is 4.08. The van der Waals surface area contributed by atoms with Crippen molar-refractivity contribution in [1.29, 1.82) is 0 Å². The van der Waals surface area contributed by atoms with Crippen molar-refractivity contribution >= 4 is 5.97 Å². The molecular weight excluding hydrogens is 386 g/mol. The zero-order chi connectivity index (χ0) is 21.0. The minimum Gasteiger partial charge on any atom is -0.493 e. The van der Waals surface area contributed by atoms with Crippen LogP contribution in [0.1, 0.15) is 23.4 Å². The molecule has 0 bridgehead atoms. The Morgan fingerprint density at radius 3 is 2.47 bits per heavy atom. The van der Waals surface area contributed by atoms with Crippen molar-refractivity contribution in [2.75, 3.05) is 19.8 Å². The van der Waals surface area contributed by atoms with Gasteiger partial charge in [0, 0.05) is 17.5 Å². The Morgan fingerprint density at radius 1 is 1.10 bits per heavy atom. The van der Waals surface area contributed by atoms with Crippen molar-refractivity contribution in [1.82, 2.24) is 4.98 Å². The third-order valence-electron chi connectivity index (χ3n) is 4.94. The van der Waals surface area contributed by atoms with Crippen LogP contribution in [0.2, 0.25) is 0 Å². The number of carboxylic acid groups (broad SMARTS) is 1. The van der Waals surface area contributed by atoms with Crippen LogP contribution in [-0.2, 0) is 26.5 Å². The molecule has 30 heavy (non-hydrogen) atoms. The van der Waals surface area contributed by atoms with E-state index in [0.717, 1.165) is 17.0 Å². The van der Waals surface area contributed by atoms with Gasteiger partial charge < -0.3 is 23.7 Å². The fourth-order valence-corrected chi connectivity index (χ4v) is 3.35. The van der Waals surface area contributed by atoms with E-state index in [9.17, 15) is 9.90 Å². The van der Waals surface area contributed by atoms with Crippen LogP contribution >= 0.6 is 0 Å². The van der Waals surface area contributed by atoms with E-state index >= 15 is 0 Å². The Balaban J connectivity index is 1.38. The molecule has 0 spiro atoms. The molecule has 7 heteroatoms. The lowest BCUT2D eigenvalue weighted by molar-refractivity contribution is -0.273. The van der Waals surface area contributed by atoms with E-state index in [1.807, 2.05) is 37.3 Å². The molecule has 1 aromatic heterocycles. The van der Waals surface area contributed by atoms with E-state index in [0.29, 0.717) is 49.9 Å². The molecule has 0 atom stereocenters. The third-order valence-corrected chi connectivity index (χ3v) is 4.94. The van der Waals surface area contributed by atoms with Crippen LogP contribution in [0.3, 0.4) is 0 Å². The van der Waals surface area contributed by atoms with Gasteiger partial charge in [-0.1, -0.05) is 18.2 Å². The average Bonchev–Trinajstić information content (AvgIpc) is 3.16. The van der Waals surface area contributed by atoms with Crippen LogP contribution in [0.25, 0.3) is 11.5 Å². The highest BCUT2D eigenvalue weighted by molar-refractivity contribution is 5.77. The average molecular weight is 409 g/mol. The second-order valence-corrected chi connectivity index (χ2v) is 6.98. The number of nitrogens with zero attached hydrogens (tertiary/aromatic N) is 1. The van der Waals surface area contributed by atoms with Gasteiger partial charge in [0.2, 0.25) is 5.89 Å². The number of carboxylic acids is 1. The van der Waals surface area contributed by atoms with Crippen molar-refractivity contribution in [2.24, 2.45) is 0 Å². The minimum atomic E-state index is -1.75. The lowest BCUT2D eigenvalue weighted by atomic mass is 10.0. The van der Waals surface area contributed by atoms with E-state index in [1.54, 1.807) is 24.3 Å². The highest BCUT2D eigenvalue weighted by Gasteiger charge is 2.45. The summed E-state index contributed by atoms with van der Waals surface area (Å²) in [5.74, 6) is -0.921. The molecule has 1 aliphatic rings. The summed E-state index contributed by atoms with van der Waals surface area (Å²) in [6.07, 6.45) is 1.26. The number of aliphatic carboxylic acids is 1. The van der Waals surface area contributed by atoms with E-state index < -0.39 is 11.8 Å². The smallest absolute Gasteiger partial charge is 0.369 e. The number of aryl methyl sites for hydroxylation is 1. The number of benzene rings is 2. The molecule has 0 unspecified atom stereocenters. The summed E-state index contributed by atoms with van der Waals surface area (Å²) >= 11 is 0. The Bertz CT molecular complexity index is 990. The van der Waals surface area contributed by atoms with Gasteiger partial charge in [0.1, 0.15) is 11.5 Å². The molecule has 0 aliphatic carbocycles. The van der Waals surface area contributed by atoms with Crippen molar-refractivity contribution in [3.05, 3.63) is 71.6 Å². The van der Waals surface area contributed by atoms with Crippen LogP contribution in [0.5, 0.6) is 5.75 Å². The first-order valence-corrected chi connectivity index (χ1v) is 9.85. The van der Waals surface area contributed by atoms with Gasteiger partial charge in [-0.15, -0.1) is 0 Å². The molecule has 0 amide bonds. The molecule has 0 radical (unpaired) electrons. The first kappa shape index (κ1) is 20.1. The first-order chi connectivity index (χ1) is 14.6. The van der Waals surface area contributed by atoms with Gasteiger partial charge in [0.15, 0.2) is 0 Å². The van der Waals surface area contributed by atoms with Gasteiger partial charge in [-0.05, 0) is 49.7 Å². The van der Waals surface area contributed by atoms with Crippen LogP contribution < -0.4 is 4.74 Å². The summed E-state index contributed by atoms with van der Waals surface area (Å²) in [4.78, 5) is 16.3. The highest BCUT2D eigenvalue weighted by Crippen LogP contribution is 2.32. The van der Waals surface area contributed by atoms with Gasteiger partial charge >= 0.3 is 5.97 Å². The van der Waals surface area contributed by atoms with Crippen molar-refractivity contribution in [3.8, 4) is 17.2 Å². The Morgan fingerprint density at radius 2 is 1.80 bits per heavy atom. The van der Waals surface area contributed by atoms with Gasteiger partial charge in [0.05, 0.1) is 25.5 Å². The lowest BCUT2D eigenvalue weighted by Crippen LogP contribution is -2.45. The van der Waals surface area contributed by atoms with Crippen molar-refractivity contribution in [2.45, 2.75) is 25.6 Å². The normalized spacial score (nSPS) is 15.6. The van der Waals surface area contributed by atoms with Gasteiger partial charge in [-0.3, -0.25) is 0 Å². The van der Waals surface area contributed by atoms with Crippen molar-refractivity contribution < 1.29 is 28.5 Å². The maximum atomic E-state index is 11.7. The summed E-state index contributed by atoms with van der Waals surface area (Å²) in [7, 11) is 0. The molecule has 7 nitrogen and oxygen atoms in total. The number of aromatic nitrogens is 1. The zero-order valence-electron chi connectivity index (χ0n) is 16.7. The molecule has 1 saturated heterocycles. The fourth-order valence-electron chi connectivity index (χ4n) is 3.35. The quantitative estimate of drug-likeness (QED) is 0.632. The molecule has 1 N–H and O–H groups in total. The SMILES string of the molecule is Cc1oc(-c2ccccc2)nc1CCOc1ccc(C2(C(=O)O)OCCCO2)cc1. The minimum absolute atomic E-state index is 0.340. The number of hydrogen-bond donors (Lipinski definition) is 1. The number of hydrogen-bond acceptors (Lipinski definition) is 6. The number of carbonyl (C=O) groups is 1. The topological polar surface area (TPSA) is 91.0 Å². The summed E-state index contributed by atoms with van der Waals surface area (Å²) in [6.45, 7) is 2.98. The van der Waals surface area contributed by atoms with Crippen LogP contribution in [0.15, 0.2) is 59.0 Å². The number of rotatable bonds is 7. The van der Waals surface area contributed by atoms with Crippen molar-refractivity contribution in [3.63, 3.8) is 0 Å². The Kier molecular flexibility index (Phi) is 5.83. The fraction of sp³-hybridized carbons (Fsp3) is 0.304. The predicted molar refractivity (Wildman–Crippen MR) is 108 cm³/mol. The molecule has 3 aromatic rings. The monoisotopic (exact) mass is 409 g/mol. The van der Waals surface area contributed by atoms with E-state index in [2.05, 4.69) is 4.98 Å². The molecule has 1 aliphatic heterocycles.